The lowest BCUT2D eigenvalue weighted by atomic mass is 10.1. The van der Waals surface area contributed by atoms with E-state index in [0.717, 1.165) is 0 Å². The second-order valence-corrected chi connectivity index (χ2v) is 7.02. The van der Waals surface area contributed by atoms with E-state index in [9.17, 15) is 33.6 Å². The quantitative estimate of drug-likeness (QED) is 0.102. The summed E-state index contributed by atoms with van der Waals surface area (Å²) in [6, 6.07) is -5.78. The Morgan fingerprint density at radius 1 is 0.719 bits per heavy atom. The van der Waals surface area contributed by atoms with Gasteiger partial charge in [0.05, 0.1) is 18.9 Å². The third kappa shape index (κ3) is 11.1. The first kappa shape index (κ1) is 28.6. The summed E-state index contributed by atoms with van der Waals surface area (Å²) < 4.78 is 0. The predicted octanol–water partition coefficient (Wildman–Crippen LogP) is -5.20. The number of carboxylic acid groups (broad SMARTS) is 1. The molecule has 0 bridgehead atoms. The molecular formula is C16H27N7O8S. The number of aliphatic carboxylic acids is 1. The van der Waals surface area contributed by atoms with Crippen molar-refractivity contribution in [1.82, 2.24) is 16.0 Å². The van der Waals surface area contributed by atoms with Gasteiger partial charge in [-0.25, -0.2) is 4.79 Å². The van der Waals surface area contributed by atoms with Crippen LogP contribution in [0.2, 0.25) is 0 Å². The second-order valence-electron chi connectivity index (χ2n) is 6.66. The maximum Gasteiger partial charge on any atom is 0.326 e. The molecule has 0 aromatic rings. The van der Waals surface area contributed by atoms with Crippen LogP contribution in [0.1, 0.15) is 25.7 Å². The Morgan fingerprint density at radius 2 is 1.19 bits per heavy atom. The molecule has 0 heterocycles. The van der Waals surface area contributed by atoms with Crippen molar-refractivity contribution in [3.63, 3.8) is 0 Å². The van der Waals surface area contributed by atoms with E-state index < -0.39 is 78.4 Å². The molecular weight excluding hydrogens is 450 g/mol. The summed E-state index contributed by atoms with van der Waals surface area (Å²) >= 11 is 3.94. The van der Waals surface area contributed by atoms with E-state index in [-0.39, 0.29) is 18.6 Å². The topological polar surface area (TPSA) is 280 Å². The highest BCUT2D eigenvalue weighted by Crippen LogP contribution is 2.03. The van der Waals surface area contributed by atoms with E-state index in [1.54, 1.807) is 0 Å². The molecule has 180 valence electrons. The largest absolute Gasteiger partial charge is 0.480 e. The van der Waals surface area contributed by atoms with Crippen molar-refractivity contribution in [2.24, 2.45) is 22.9 Å². The van der Waals surface area contributed by atoms with Crippen LogP contribution in [0.5, 0.6) is 0 Å². The number of nitrogens with one attached hydrogen (secondary N) is 3. The summed E-state index contributed by atoms with van der Waals surface area (Å²) in [4.78, 5) is 81.2. The van der Waals surface area contributed by atoms with Crippen molar-refractivity contribution in [2.75, 3.05) is 5.75 Å². The molecule has 0 spiro atoms. The van der Waals surface area contributed by atoms with Crippen molar-refractivity contribution in [1.29, 1.82) is 0 Å². The number of carbonyl (C=O) groups is 7. The molecule has 32 heavy (non-hydrogen) atoms. The smallest absolute Gasteiger partial charge is 0.326 e. The highest BCUT2D eigenvalue weighted by molar-refractivity contribution is 7.80. The summed E-state index contributed by atoms with van der Waals surface area (Å²) in [5.74, 6) is -7.30. The maximum absolute atomic E-state index is 12.5. The molecule has 0 saturated heterocycles. The van der Waals surface area contributed by atoms with Crippen molar-refractivity contribution in [3.8, 4) is 0 Å². The zero-order valence-corrected chi connectivity index (χ0v) is 17.8. The number of hydrogen-bond acceptors (Lipinski definition) is 9. The van der Waals surface area contributed by atoms with E-state index >= 15 is 0 Å². The van der Waals surface area contributed by atoms with Gasteiger partial charge in [-0.05, 0) is 6.42 Å². The van der Waals surface area contributed by atoms with E-state index in [4.69, 9.17) is 28.0 Å². The first-order chi connectivity index (χ1) is 14.8. The lowest BCUT2D eigenvalue weighted by molar-refractivity contribution is -0.144. The first-order valence-corrected chi connectivity index (χ1v) is 9.76. The molecule has 0 aliphatic carbocycles. The molecule has 6 amide bonds. The van der Waals surface area contributed by atoms with Crippen molar-refractivity contribution in [2.45, 2.75) is 49.9 Å². The van der Waals surface area contributed by atoms with Gasteiger partial charge in [-0.15, -0.1) is 0 Å². The number of thiol groups is 1. The van der Waals surface area contributed by atoms with Gasteiger partial charge in [-0.3, -0.25) is 28.8 Å². The Morgan fingerprint density at radius 3 is 1.62 bits per heavy atom. The number of carboxylic acids is 1. The Balaban J connectivity index is 5.37. The monoisotopic (exact) mass is 477 g/mol. The lowest BCUT2D eigenvalue weighted by Gasteiger charge is -2.24. The van der Waals surface area contributed by atoms with Gasteiger partial charge < -0.3 is 44.0 Å². The molecule has 0 aromatic carbocycles. The number of rotatable bonds is 15. The normalized spacial score (nSPS) is 14.2. The molecule has 0 aliphatic rings. The third-order valence-corrected chi connectivity index (χ3v) is 4.27. The van der Waals surface area contributed by atoms with E-state index in [2.05, 4.69) is 23.3 Å². The fourth-order valence-electron chi connectivity index (χ4n) is 2.28. The number of amides is 6. The minimum absolute atomic E-state index is 0.246. The Labute approximate surface area is 187 Å². The summed E-state index contributed by atoms with van der Waals surface area (Å²) in [6.07, 6.45) is -1.87. The van der Waals surface area contributed by atoms with Crippen LogP contribution in [-0.4, -0.2) is 76.4 Å². The van der Waals surface area contributed by atoms with Crippen LogP contribution < -0.4 is 38.9 Å². The molecule has 0 fully saturated rings. The molecule has 12 N–H and O–H groups in total. The van der Waals surface area contributed by atoms with Crippen molar-refractivity contribution < 1.29 is 38.7 Å². The number of hydrogen-bond donors (Lipinski definition) is 9. The number of nitrogens with two attached hydrogens (primary N) is 4. The van der Waals surface area contributed by atoms with E-state index in [0.29, 0.717) is 0 Å². The van der Waals surface area contributed by atoms with Gasteiger partial charge in [0.15, 0.2) is 0 Å². The van der Waals surface area contributed by atoms with Gasteiger partial charge in [0.2, 0.25) is 35.4 Å². The molecule has 4 unspecified atom stereocenters. The fourth-order valence-corrected chi connectivity index (χ4v) is 2.54. The maximum atomic E-state index is 12.5. The summed E-state index contributed by atoms with van der Waals surface area (Å²) in [5, 5.41) is 15.6. The average molecular weight is 478 g/mol. The zero-order valence-electron chi connectivity index (χ0n) is 16.9. The summed E-state index contributed by atoms with van der Waals surface area (Å²) in [5.41, 5.74) is 20.5. The Bertz CT molecular complexity index is 763. The van der Waals surface area contributed by atoms with E-state index in [1.807, 2.05) is 5.32 Å². The van der Waals surface area contributed by atoms with Crippen LogP contribution in [0.3, 0.4) is 0 Å². The van der Waals surface area contributed by atoms with Crippen LogP contribution in [0.15, 0.2) is 0 Å². The third-order valence-electron chi connectivity index (χ3n) is 3.91. The molecule has 0 saturated carbocycles. The molecule has 16 heteroatoms. The van der Waals surface area contributed by atoms with E-state index in [1.165, 1.54) is 0 Å². The molecule has 0 aromatic heterocycles. The van der Waals surface area contributed by atoms with Crippen LogP contribution in [0, 0.1) is 0 Å². The molecule has 15 nitrogen and oxygen atoms in total. The fraction of sp³-hybridized carbons (Fsp3) is 0.562. The molecule has 0 aliphatic heterocycles. The highest BCUT2D eigenvalue weighted by Gasteiger charge is 2.30. The standard InChI is InChI=1S/C16H27N7O8S/c17-6(3-11(19)25)13(27)23-9(5-32)15(29)21-7(1-2-10(18)24)14(28)22-8(16(30)31)4-12(20)26/h6-9,32H,1-5,17H2,(H2,18,24)(H2,19,25)(H2,20,26)(H,21,29)(H,22,28)(H,23,27)(H,30,31). The molecule has 0 rings (SSSR count). The number of primary amides is 3. The minimum Gasteiger partial charge on any atom is -0.480 e. The van der Waals surface area contributed by atoms with Crippen LogP contribution >= 0.6 is 12.6 Å². The minimum atomic E-state index is -1.68. The molecule has 0 radical (unpaired) electrons. The predicted molar refractivity (Wildman–Crippen MR) is 111 cm³/mol. The van der Waals surface area contributed by atoms with Crippen molar-refractivity contribution in [3.05, 3.63) is 0 Å². The highest BCUT2D eigenvalue weighted by atomic mass is 32.1. The SMILES string of the molecule is NC(=O)CCC(NC(=O)C(CS)NC(=O)C(N)CC(N)=O)C(=O)NC(CC(N)=O)C(=O)O. The average Bonchev–Trinajstić information content (AvgIpc) is 2.66. The van der Waals surface area contributed by atoms with Crippen LogP contribution in [0.25, 0.3) is 0 Å². The van der Waals surface area contributed by atoms with Gasteiger partial charge in [-0.2, -0.15) is 12.6 Å². The Hall–Kier alpha value is -3.40. The van der Waals surface area contributed by atoms with Gasteiger partial charge in [0, 0.05) is 12.2 Å². The van der Waals surface area contributed by atoms with Crippen molar-refractivity contribution >= 4 is 54.0 Å². The zero-order chi connectivity index (χ0) is 25.0. The summed E-state index contributed by atoms with van der Waals surface area (Å²) in [6.45, 7) is 0. The second kappa shape index (κ2) is 13.8. The van der Waals surface area contributed by atoms with Crippen LogP contribution in [0.4, 0.5) is 0 Å². The van der Waals surface area contributed by atoms with Gasteiger partial charge in [0.25, 0.3) is 0 Å². The lowest BCUT2D eigenvalue weighted by Crippen LogP contribution is -2.58. The summed E-state index contributed by atoms with van der Waals surface area (Å²) in [7, 11) is 0. The Kier molecular flexibility index (Phi) is 12.3. The van der Waals surface area contributed by atoms with Crippen LogP contribution in [-0.2, 0) is 33.6 Å². The van der Waals surface area contributed by atoms with Gasteiger partial charge in [-0.1, -0.05) is 0 Å². The van der Waals surface area contributed by atoms with Gasteiger partial charge >= 0.3 is 5.97 Å². The van der Waals surface area contributed by atoms with Gasteiger partial charge in [0.1, 0.15) is 18.1 Å². The number of carbonyl (C=O) groups excluding carboxylic acids is 6. The molecule has 4 atom stereocenters. The first-order valence-electron chi connectivity index (χ1n) is 9.13.